The highest BCUT2D eigenvalue weighted by molar-refractivity contribution is 7.99. The van der Waals surface area contributed by atoms with E-state index in [1.165, 1.54) is 11.8 Å². The van der Waals surface area contributed by atoms with Gasteiger partial charge >= 0.3 is 6.03 Å². The standard InChI is InChI=1S/C19H21N3O4S/c1-12-8-9-13(26-12)10-22(3)16(23)14-6-4-5-7-15(14)27-11-19(2)17(24)20-18(25)21-19/h4-9H,10-11H2,1-3H3,(H2,20,21,24,25)/t19-/m1/s1. The van der Waals surface area contributed by atoms with E-state index in [4.69, 9.17) is 4.42 Å². The van der Waals surface area contributed by atoms with Crippen LogP contribution >= 0.6 is 11.8 Å². The van der Waals surface area contributed by atoms with Crippen molar-refractivity contribution in [1.29, 1.82) is 0 Å². The summed E-state index contributed by atoms with van der Waals surface area (Å²) < 4.78 is 5.54. The van der Waals surface area contributed by atoms with E-state index in [1.807, 2.05) is 31.2 Å². The van der Waals surface area contributed by atoms with Crippen LogP contribution in [-0.4, -0.2) is 41.1 Å². The minimum atomic E-state index is -1.00. The van der Waals surface area contributed by atoms with Crippen molar-refractivity contribution in [2.24, 2.45) is 0 Å². The molecule has 7 nitrogen and oxygen atoms in total. The number of hydrogen-bond donors (Lipinski definition) is 2. The molecule has 1 saturated heterocycles. The Morgan fingerprint density at radius 3 is 2.59 bits per heavy atom. The van der Waals surface area contributed by atoms with Crippen LogP contribution in [0, 0.1) is 6.92 Å². The second-order valence-electron chi connectivity index (χ2n) is 6.70. The molecule has 8 heteroatoms. The quantitative estimate of drug-likeness (QED) is 0.587. The minimum absolute atomic E-state index is 0.141. The topological polar surface area (TPSA) is 91.7 Å². The molecule has 0 bridgehead atoms. The van der Waals surface area contributed by atoms with Crippen LogP contribution in [0.3, 0.4) is 0 Å². The number of furan rings is 1. The first-order chi connectivity index (χ1) is 12.8. The molecule has 1 aromatic carbocycles. The Labute approximate surface area is 161 Å². The molecule has 0 saturated carbocycles. The largest absolute Gasteiger partial charge is 0.464 e. The lowest BCUT2D eigenvalue weighted by Gasteiger charge is -2.21. The Bertz CT molecular complexity index is 895. The molecule has 0 unspecified atom stereocenters. The van der Waals surface area contributed by atoms with Gasteiger partial charge in [0.15, 0.2) is 0 Å². The maximum absolute atomic E-state index is 12.9. The first-order valence-electron chi connectivity index (χ1n) is 8.45. The number of nitrogens with one attached hydrogen (secondary N) is 2. The maximum atomic E-state index is 12.9. The molecule has 1 aromatic heterocycles. The molecule has 0 spiro atoms. The van der Waals surface area contributed by atoms with Gasteiger partial charge in [0, 0.05) is 17.7 Å². The number of benzene rings is 1. The molecule has 2 aromatic rings. The molecule has 1 aliphatic rings. The molecular formula is C19H21N3O4S. The predicted octanol–water partition coefficient (Wildman–Crippen LogP) is 2.55. The number of thioether (sulfide) groups is 1. The zero-order valence-electron chi connectivity index (χ0n) is 15.4. The van der Waals surface area contributed by atoms with Crippen LogP contribution in [-0.2, 0) is 11.3 Å². The van der Waals surface area contributed by atoms with Crippen LogP contribution in [0.15, 0.2) is 45.7 Å². The smallest absolute Gasteiger partial charge is 0.322 e. The zero-order chi connectivity index (χ0) is 19.6. The molecule has 142 valence electrons. The molecule has 0 aliphatic carbocycles. The van der Waals surface area contributed by atoms with Crippen LogP contribution in [0.25, 0.3) is 0 Å². The fourth-order valence-electron chi connectivity index (χ4n) is 2.75. The van der Waals surface area contributed by atoms with Gasteiger partial charge in [-0.15, -0.1) is 11.8 Å². The average Bonchev–Trinajstić information content (AvgIpc) is 3.14. The van der Waals surface area contributed by atoms with Crippen molar-refractivity contribution in [2.75, 3.05) is 12.8 Å². The van der Waals surface area contributed by atoms with Gasteiger partial charge in [-0.05, 0) is 38.1 Å². The first-order valence-corrected chi connectivity index (χ1v) is 9.43. The lowest BCUT2D eigenvalue weighted by Crippen LogP contribution is -2.46. The molecule has 4 amide bonds. The zero-order valence-corrected chi connectivity index (χ0v) is 16.2. The highest BCUT2D eigenvalue weighted by atomic mass is 32.2. The summed E-state index contributed by atoms with van der Waals surface area (Å²) in [6.45, 7) is 3.88. The van der Waals surface area contributed by atoms with E-state index in [0.717, 1.165) is 10.7 Å². The van der Waals surface area contributed by atoms with Crippen molar-refractivity contribution in [3.63, 3.8) is 0 Å². The van der Waals surface area contributed by atoms with Gasteiger partial charge in [-0.1, -0.05) is 12.1 Å². The van der Waals surface area contributed by atoms with E-state index in [9.17, 15) is 14.4 Å². The van der Waals surface area contributed by atoms with Crippen molar-refractivity contribution < 1.29 is 18.8 Å². The number of urea groups is 1. The number of rotatable bonds is 6. The lowest BCUT2D eigenvalue weighted by atomic mass is 10.1. The number of imide groups is 1. The second-order valence-corrected chi connectivity index (χ2v) is 7.72. The van der Waals surface area contributed by atoms with Crippen molar-refractivity contribution >= 4 is 29.6 Å². The summed E-state index contributed by atoms with van der Waals surface area (Å²) in [6.07, 6.45) is 0. The molecule has 1 atom stereocenters. The van der Waals surface area contributed by atoms with Gasteiger partial charge in [0.1, 0.15) is 17.1 Å². The predicted molar refractivity (Wildman–Crippen MR) is 101 cm³/mol. The summed E-state index contributed by atoms with van der Waals surface area (Å²) in [5.74, 6) is 1.32. The SMILES string of the molecule is Cc1ccc(CN(C)C(=O)c2ccccc2SC[C@@]2(C)NC(=O)NC2=O)o1. The van der Waals surface area contributed by atoms with E-state index >= 15 is 0 Å². The van der Waals surface area contributed by atoms with Gasteiger partial charge < -0.3 is 14.6 Å². The van der Waals surface area contributed by atoms with E-state index in [0.29, 0.717) is 23.6 Å². The third kappa shape index (κ3) is 4.16. The average molecular weight is 387 g/mol. The fourth-order valence-corrected chi connectivity index (χ4v) is 3.89. The van der Waals surface area contributed by atoms with Gasteiger partial charge in [0.25, 0.3) is 11.8 Å². The van der Waals surface area contributed by atoms with Crippen LogP contribution in [0.4, 0.5) is 4.79 Å². The van der Waals surface area contributed by atoms with Crippen LogP contribution in [0.2, 0.25) is 0 Å². The molecule has 3 rings (SSSR count). The summed E-state index contributed by atoms with van der Waals surface area (Å²) in [7, 11) is 1.72. The molecule has 2 heterocycles. The lowest BCUT2D eigenvalue weighted by molar-refractivity contribution is -0.122. The fraction of sp³-hybridized carbons (Fsp3) is 0.316. The Morgan fingerprint density at radius 2 is 1.96 bits per heavy atom. The van der Waals surface area contributed by atoms with E-state index < -0.39 is 11.6 Å². The highest BCUT2D eigenvalue weighted by Crippen LogP contribution is 2.28. The van der Waals surface area contributed by atoms with Crippen molar-refractivity contribution in [2.45, 2.75) is 30.8 Å². The number of carbonyl (C=O) groups is 3. The Hall–Kier alpha value is -2.74. The van der Waals surface area contributed by atoms with E-state index in [1.54, 1.807) is 31.0 Å². The van der Waals surface area contributed by atoms with E-state index in [2.05, 4.69) is 10.6 Å². The molecule has 0 radical (unpaired) electrons. The molecule has 2 N–H and O–H groups in total. The first kappa shape index (κ1) is 19.0. The van der Waals surface area contributed by atoms with Crippen LogP contribution < -0.4 is 10.6 Å². The minimum Gasteiger partial charge on any atom is -0.464 e. The Morgan fingerprint density at radius 1 is 1.22 bits per heavy atom. The molecule has 1 fully saturated rings. The molecule has 27 heavy (non-hydrogen) atoms. The number of aryl methyl sites for hydroxylation is 1. The van der Waals surface area contributed by atoms with Crippen molar-refractivity contribution in [3.05, 3.63) is 53.5 Å². The summed E-state index contributed by atoms with van der Waals surface area (Å²) in [5, 5.41) is 4.87. The number of nitrogens with zero attached hydrogens (tertiary/aromatic N) is 1. The van der Waals surface area contributed by atoms with Crippen LogP contribution in [0.1, 0.15) is 28.8 Å². The number of carbonyl (C=O) groups excluding carboxylic acids is 3. The molecular weight excluding hydrogens is 366 g/mol. The highest BCUT2D eigenvalue weighted by Gasteiger charge is 2.42. The maximum Gasteiger partial charge on any atom is 0.322 e. The third-order valence-corrected chi connectivity index (χ3v) is 5.68. The second kappa shape index (κ2) is 7.48. The normalized spacial score (nSPS) is 18.9. The summed E-state index contributed by atoms with van der Waals surface area (Å²) in [5.41, 5.74) is -0.461. The summed E-state index contributed by atoms with van der Waals surface area (Å²) >= 11 is 1.36. The van der Waals surface area contributed by atoms with Gasteiger partial charge in [0.2, 0.25) is 0 Å². The number of amides is 4. The molecule has 1 aliphatic heterocycles. The summed E-state index contributed by atoms with van der Waals surface area (Å²) in [6, 6.07) is 10.4. The van der Waals surface area contributed by atoms with Gasteiger partial charge in [-0.3, -0.25) is 14.9 Å². The monoisotopic (exact) mass is 387 g/mol. The number of hydrogen-bond acceptors (Lipinski definition) is 5. The van der Waals surface area contributed by atoms with Gasteiger partial charge in [-0.2, -0.15) is 0 Å². The van der Waals surface area contributed by atoms with Gasteiger partial charge in [-0.25, -0.2) is 4.79 Å². The third-order valence-electron chi connectivity index (χ3n) is 4.29. The Kier molecular flexibility index (Phi) is 5.27. The van der Waals surface area contributed by atoms with Crippen LogP contribution in [0.5, 0.6) is 0 Å². The summed E-state index contributed by atoms with van der Waals surface area (Å²) in [4.78, 5) is 38.6. The van der Waals surface area contributed by atoms with Crippen molar-refractivity contribution in [3.8, 4) is 0 Å². The Balaban J connectivity index is 1.72. The van der Waals surface area contributed by atoms with Crippen molar-refractivity contribution in [1.82, 2.24) is 15.5 Å². The van der Waals surface area contributed by atoms with Gasteiger partial charge in [0.05, 0.1) is 12.1 Å². The van der Waals surface area contributed by atoms with E-state index in [-0.39, 0.29) is 11.8 Å².